The van der Waals surface area contributed by atoms with Crippen LogP contribution >= 0.6 is 0 Å². The molecule has 0 atom stereocenters. The van der Waals surface area contributed by atoms with Gasteiger partial charge in [0.15, 0.2) is 17.3 Å². The highest BCUT2D eigenvalue weighted by atomic mass is 19.4. The molecule has 134 valence electrons. The Morgan fingerprint density at radius 2 is 1.77 bits per heavy atom. The van der Waals surface area contributed by atoms with Crippen molar-refractivity contribution in [1.29, 1.82) is 0 Å². The molecule has 0 aliphatic carbocycles. The predicted molar refractivity (Wildman–Crippen MR) is 86.0 cm³/mol. The zero-order valence-electron chi connectivity index (χ0n) is 13.3. The van der Waals surface area contributed by atoms with Crippen molar-refractivity contribution in [3.05, 3.63) is 59.5 Å². The lowest BCUT2D eigenvalue weighted by molar-refractivity contribution is -0.137. The first-order valence-electron chi connectivity index (χ1n) is 7.34. The summed E-state index contributed by atoms with van der Waals surface area (Å²) in [5, 5.41) is 16.5. The van der Waals surface area contributed by atoms with Crippen molar-refractivity contribution in [3.8, 4) is 0 Å². The van der Waals surface area contributed by atoms with E-state index < -0.39 is 17.6 Å². The maximum atomic E-state index is 12.5. The van der Waals surface area contributed by atoms with Crippen LogP contribution in [0.2, 0.25) is 0 Å². The largest absolute Gasteiger partial charge is 0.416 e. The van der Waals surface area contributed by atoms with Crippen molar-refractivity contribution >= 4 is 23.2 Å². The van der Waals surface area contributed by atoms with Crippen LogP contribution in [0.4, 0.5) is 30.5 Å². The summed E-state index contributed by atoms with van der Waals surface area (Å²) in [5.74, 6) is 0.550. The fourth-order valence-electron chi connectivity index (χ4n) is 2.02. The predicted octanol–water partition coefficient (Wildman–Crippen LogP) is 3.79. The number of nitrogens with zero attached hydrogens (tertiary/aromatic N) is 3. The molecule has 3 aromatic rings. The summed E-state index contributed by atoms with van der Waals surface area (Å²) < 4.78 is 42.4. The van der Waals surface area contributed by atoms with Gasteiger partial charge in [-0.25, -0.2) is 0 Å². The number of anilines is 3. The summed E-state index contributed by atoms with van der Waals surface area (Å²) in [6.07, 6.45) is -4.39. The van der Waals surface area contributed by atoms with Gasteiger partial charge in [-0.1, -0.05) is 5.16 Å². The number of rotatable bonds is 4. The van der Waals surface area contributed by atoms with Crippen LogP contribution in [-0.2, 0) is 6.18 Å². The van der Waals surface area contributed by atoms with E-state index >= 15 is 0 Å². The molecule has 0 saturated heterocycles. The minimum absolute atomic E-state index is 0.0450. The van der Waals surface area contributed by atoms with Crippen LogP contribution in [0.25, 0.3) is 0 Å². The molecule has 0 spiro atoms. The molecular weight excluding hydrogens is 351 g/mol. The van der Waals surface area contributed by atoms with Gasteiger partial charge in [-0.15, -0.1) is 10.2 Å². The third kappa shape index (κ3) is 4.15. The minimum Gasteiger partial charge on any atom is -0.360 e. The molecule has 26 heavy (non-hydrogen) atoms. The Morgan fingerprint density at radius 3 is 2.31 bits per heavy atom. The SMILES string of the molecule is Cc1cc(NC(=O)c2ccc(Nc3ccc(C(F)(F)F)cc3)nn2)no1. The van der Waals surface area contributed by atoms with Crippen molar-refractivity contribution in [2.45, 2.75) is 13.1 Å². The Hall–Kier alpha value is -3.43. The van der Waals surface area contributed by atoms with E-state index in [4.69, 9.17) is 4.52 Å². The number of hydrogen-bond donors (Lipinski definition) is 2. The van der Waals surface area contributed by atoms with E-state index in [1.807, 2.05) is 0 Å². The second-order valence-corrected chi connectivity index (χ2v) is 5.28. The monoisotopic (exact) mass is 363 g/mol. The van der Waals surface area contributed by atoms with Gasteiger partial charge in [0.1, 0.15) is 5.76 Å². The van der Waals surface area contributed by atoms with Gasteiger partial charge in [-0.2, -0.15) is 13.2 Å². The van der Waals surface area contributed by atoms with Gasteiger partial charge in [-0.3, -0.25) is 4.79 Å². The molecule has 10 heteroatoms. The molecule has 0 saturated carbocycles. The Labute approximate surface area is 145 Å². The summed E-state index contributed by atoms with van der Waals surface area (Å²) in [4.78, 5) is 12.0. The maximum absolute atomic E-state index is 12.5. The van der Waals surface area contributed by atoms with E-state index in [2.05, 4.69) is 26.0 Å². The summed E-state index contributed by atoms with van der Waals surface area (Å²) in [7, 11) is 0. The molecule has 2 heterocycles. The van der Waals surface area contributed by atoms with Crippen LogP contribution < -0.4 is 10.6 Å². The molecule has 1 aromatic carbocycles. The molecule has 0 aliphatic rings. The lowest BCUT2D eigenvalue weighted by Gasteiger charge is -2.09. The molecule has 0 fully saturated rings. The molecule has 1 amide bonds. The van der Waals surface area contributed by atoms with E-state index in [1.165, 1.54) is 24.3 Å². The highest BCUT2D eigenvalue weighted by Crippen LogP contribution is 2.30. The van der Waals surface area contributed by atoms with Crippen molar-refractivity contribution in [3.63, 3.8) is 0 Å². The van der Waals surface area contributed by atoms with Gasteiger partial charge in [0.25, 0.3) is 5.91 Å². The lowest BCUT2D eigenvalue weighted by atomic mass is 10.2. The number of alkyl halides is 3. The number of carbonyl (C=O) groups is 1. The third-order valence-electron chi connectivity index (χ3n) is 3.25. The van der Waals surface area contributed by atoms with E-state index in [0.717, 1.165) is 12.1 Å². The number of benzene rings is 1. The first-order valence-corrected chi connectivity index (χ1v) is 7.34. The third-order valence-corrected chi connectivity index (χ3v) is 3.25. The van der Waals surface area contributed by atoms with Crippen molar-refractivity contribution in [2.24, 2.45) is 0 Å². The maximum Gasteiger partial charge on any atom is 0.416 e. The van der Waals surface area contributed by atoms with Gasteiger partial charge in [0.2, 0.25) is 0 Å². The number of amides is 1. The summed E-state index contributed by atoms with van der Waals surface area (Å²) in [5.41, 5.74) is -0.296. The fraction of sp³-hybridized carbons (Fsp3) is 0.125. The Kier molecular flexibility index (Phi) is 4.57. The number of hydrogen-bond acceptors (Lipinski definition) is 6. The van der Waals surface area contributed by atoms with Crippen LogP contribution in [0.3, 0.4) is 0 Å². The second-order valence-electron chi connectivity index (χ2n) is 5.28. The van der Waals surface area contributed by atoms with Crippen molar-refractivity contribution in [1.82, 2.24) is 15.4 Å². The normalized spacial score (nSPS) is 11.2. The molecule has 7 nitrogen and oxygen atoms in total. The van der Waals surface area contributed by atoms with Crippen LogP contribution in [0.1, 0.15) is 21.8 Å². The molecule has 0 unspecified atom stereocenters. The zero-order valence-corrected chi connectivity index (χ0v) is 13.3. The van der Waals surface area contributed by atoms with E-state index in [0.29, 0.717) is 11.4 Å². The fourth-order valence-corrected chi connectivity index (χ4v) is 2.02. The second kappa shape index (κ2) is 6.82. The molecule has 2 N–H and O–H groups in total. The standard InChI is InChI=1S/C16H12F3N5O2/c1-9-8-14(24-26-9)21-15(25)12-6-7-13(23-22-12)20-11-4-2-10(3-5-11)16(17,18)19/h2-8H,1H3,(H,20,23)(H,21,24,25). The van der Waals surface area contributed by atoms with Gasteiger partial charge in [0.05, 0.1) is 5.56 Å². The van der Waals surface area contributed by atoms with E-state index in [1.54, 1.807) is 13.0 Å². The number of nitrogens with one attached hydrogen (secondary N) is 2. The van der Waals surface area contributed by atoms with Gasteiger partial charge < -0.3 is 15.2 Å². The van der Waals surface area contributed by atoms with Crippen LogP contribution in [0.5, 0.6) is 0 Å². The average Bonchev–Trinajstić information content (AvgIpc) is 3.00. The molecule has 0 aliphatic heterocycles. The average molecular weight is 363 g/mol. The number of aromatic nitrogens is 3. The molecular formula is C16H12F3N5O2. The zero-order chi connectivity index (χ0) is 18.7. The molecule has 2 aromatic heterocycles. The van der Waals surface area contributed by atoms with Crippen molar-refractivity contribution in [2.75, 3.05) is 10.6 Å². The number of halogens is 3. The number of carbonyl (C=O) groups excluding carboxylic acids is 1. The molecule has 0 radical (unpaired) electrons. The summed E-state index contributed by atoms with van der Waals surface area (Å²) in [6, 6.07) is 8.91. The van der Waals surface area contributed by atoms with Crippen LogP contribution in [0, 0.1) is 6.92 Å². The first kappa shape index (κ1) is 17.4. The van der Waals surface area contributed by atoms with Crippen molar-refractivity contribution < 1.29 is 22.5 Å². The van der Waals surface area contributed by atoms with Gasteiger partial charge in [-0.05, 0) is 43.3 Å². The molecule has 0 bridgehead atoms. The Balaban J connectivity index is 1.65. The van der Waals surface area contributed by atoms with E-state index in [9.17, 15) is 18.0 Å². The lowest BCUT2D eigenvalue weighted by Crippen LogP contribution is -2.14. The Bertz CT molecular complexity index is 905. The topological polar surface area (TPSA) is 92.9 Å². The van der Waals surface area contributed by atoms with Gasteiger partial charge in [0, 0.05) is 11.8 Å². The van der Waals surface area contributed by atoms with Crippen LogP contribution in [0.15, 0.2) is 47.0 Å². The smallest absolute Gasteiger partial charge is 0.360 e. The highest BCUT2D eigenvalue weighted by molar-refractivity contribution is 6.02. The van der Waals surface area contributed by atoms with Crippen LogP contribution in [-0.4, -0.2) is 21.3 Å². The minimum atomic E-state index is -4.39. The highest BCUT2D eigenvalue weighted by Gasteiger charge is 2.29. The summed E-state index contributed by atoms with van der Waals surface area (Å²) in [6.45, 7) is 1.68. The quantitative estimate of drug-likeness (QED) is 0.733. The first-order chi connectivity index (χ1) is 12.3. The Morgan fingerprint density at radius 1 is 1.04 bits per heavy atom. The van der Waals surface area contributed by atoms with E-state index in [-0.39, 0.29) is 17.3 Å². The van der Waals surface area contributed by atoms with Gasteiger partial charge >= 0.3 is 6.18 Å². The number of aryl methyl sites for hydroxylation is 1. The summed E-state index contributed by atoms with van der Waals surface area (Å²) >= 11 is 0. The molecule has 3 rings (SSSR count).